The van der Waals surface area contributed by atoms with Crippen molar-refractivity contribution in [3.8, 4) is 0 Å². The molecule has 5 heteroatoms. The lowest BCUT2D eigenvalue weighted by molar-refractivity contribution is -0.120. The fourth-order valence-corrected chi connectivity index (χ4v) is 2.18. The molecule has 104 valence electrons. The molecule has 1 fully saturated rings. The Balaban J connectivity index is 2.30. The minimum Gasteiger partial charge on any atom is -0.357 e. The van der Waals surface area contributed by atoms with Gasteiger partial charge >= 0.3 is 0 Å². The summed E-state index contributed by atoms with van der Waals surface area (Å²) < 4.78 is 0. The number of amides is 1. The molecule has 1 aliphatic carbocycles. The molecule has 0 spiro atoms. The first-order chi connectivity index (χ1) is 8.76. The number of hydrogen-bond acceptors (Lipinski definition) is 2. The highest BCUT2D eigenvalue weighted by atomic mass is 16.1. The summed E-state index contributed by atoms with van der Waals surface area (Å²) in [6.45, 7) is 5.82. The third-order valence-electron chi connectivity index (χ3n) is 3.04. The summed E-state index contributed by atoms with van der Waals surface area (Å²) in [5.41, 5.74) is 0. The van der Waals surface area contributed by atoms with E-state index >= 15 is 0 Å². The standard InChI is InChI=1S/C13H26N4O/c1-3-14-13(15-4-2)16-10-12(18)17-11-8-6-5-7-9-11/h11H,3-10H2,1-2H3,(H,17,18)(H2,14,15,16). The molecule has 1 aliphatic rings. The summed E-state index contributed by atoms with van der Waals surface area (Å²) >= 11 is 0. The molecule has 0 bridgehead atoms. The Labute approximate surface area is 110 Å². The van der Waals surface area contributed by atoms with Crippen LogP contribution in [0.5, 0.6) is 0 Å². The van der Waals surface area contributed by atoms with Gasteiger partial charge < -0.3 is 16.0 Å². The van der Waals surface area contributed by atoms with E-state index in [1.54, 1.807) is 0 Å². The van der Waals surface area contributed by atoms with Gasteiger partial charge in [-0.1, -0.05) is 19.3 Å². The van der Waals surface area contributed by atoms with E-state index in [-0.39, 0.29) is 12.5 Å². The second kappa shape index (κ2) is 8.78. The van der Waals surface area contributed by atoms with Crippen LogP contribution in [0.4, 0.5) is 0 Å². The van der Waals surface area contributed by atoms with Gasteiger partial charge in [-0.05, 0) is 26.7 Å². The molecule has 0 aromatic heterocycles. The summed E-state index contributed by atoms with van der Waals surface area (Å²) in [4.78, 5) is 16.0. The molecule has 1 amide bonds. The van der Waals surface area contributed by atoms with E-state index in [1.807, 2.05) is 13.8 Å². The Morgan fingerprint density at radius 1 is 1.11 bits per heavy atom. The van der Waals surface area contributed by atoms with E-state index in [1.165, 1.54) is 19.3 Å². The van der Waals surface area contributed by atoms with Gasteiger partial charge in [0.1, 0.15) is 6.54 Å². The van der Waals surface area contributed by atoms with E-state index in [9.17, 15) is 4.79 Å². The Morgan fingerprint density at radius 3 is 2.28 bits per heavy atom. The van der Waals surface area contributed by atoms with Gasteiger partial charge in [0.05, 0.1) is 0 Å². The molecule has 0 aromatic carbocycles. The summed E-state index contributed by atoms with van der Waals surface area (Å²) in [5, 5.41) is 9.26. The molecule has 0 unspecified atom stereocenters. The van der Waals surface area contributed by atoms with E-state index < -0.39 is 0 Å². The summed E-state index contributed by atoms with van der Waals surface area (Å²) in [5.74, 6) is 0.731. The summed E-state index contributed by atoms with van der Waals surface area (Å²) in [7, 11) is 0. The third kappa shape index (κ3) is 5.89. The predicted octanol–water partition coefficient (Wildman–Crippen LogP) is 1.01. The zero-order valence-corrected chi connectivity index (χ0v) is 11.6. The zero-order chi connectivity index (χ0) is 13.2. The van der Waals surface area contributed by atoms with Crippen molar-refractivity contribution in [1.82, 2.24) is 16.0 Å². The quantitative estimate of drug-likeness (QED) is 0.507. The van der Waals surface area contributed by atoms with Crippen LogP contribution >= 0.6 is 0 Å². The fourth-order valence-electron chi connectivity index (χ4n) is 2.18. The number of nitrogens with zero attached hydrogens (tertiary/aromatic N) is 1. The Morgan fingerprint density at radius 2 is 1.72 bits per heavy atom. The predicted molar refractivity (Wildman–Crippen MR) is 74.7 cm³/mol. The van der Waals surface area contributed by atoms with Gasteiger partial charge in [0.2, 0.25) is 5.91 Å². The van der Waals surface area contributed by atoms with Crippen LogP contribution in [0.15, 0.2) is 4.99 Å². The molecule has 0 radical (unpaired) electrons. The van der Waals surface area contributed by atoms with Gasteiger partial charge in [-0.25, -0.2) is 4.99 Å². The van der Waals surface area contributed by atoms with Gasteiger partial charge in [0.15, 0.2) is 5.96 Å². The summed E-state index contributed by atoms with van der Waals surface area (Å²) in [6, 6.07) is 0.364. The molecule has 18 heavy (non-hydrogen) atoms. The maximum atomic E-state index is 11.8. The fraction of sp³-hybridized carbons (Fsp3) is 0.846. The Hall–Kier alpha value is -1.26. The molecule has 1 rings (SSSR count). The number of rotatable bonds is 5. The second-order valence-electron chi connectivity index (χ2n) is 4.63. The van der Waals surface area contributed by atoms with E-state index in [0.29, 0.717) is 12.0 Å². The summed E-state index contributed by atoms with van der Waals surface area (Å²) in [6.07, 6.45) is 5.99. The Kier molecular flexibility index (Phi) is 7.22. The maximum Gasteiger partial charge on any atom is 0.242 e. The molecule has 0 atom stereocenters. The number of aliphatic imine (C=N–C) groups is 1. The molecular formula is C13H26N4O. The number of carbonyl (C=O) groups excluding carboxylic acids is 1. The van der Waals surface area contributed by atoms with Crippen LogP contribution in [-0.2, 0) is 4.79 Å². The minimum atomic E-state index is 0.0233. The SMILES string of the molecule is CCNC(=NCC(=O)NC1CCCCC1)NCC. The lowest BCUT2D eigenvalue weighted by Gasteiger charge is -2.22. The van der Waals surface area contributed by atoms with E-state index in [0.717, 1.165) is 25.9 Å². The molecular weight excluding hydrogens is 228 g/mol. The number of nitrogens with one attached hydrogen (secondary N) is 3. The van der Waals surface area contributed by atoms with Crippen LogP contribution in [0.3, 0.4) is 0 Å². The minimum absolute atomic E-state index is 0.0233. The molecule has 5 nitrogen and oxygen atoms in total. The van der Waals surface area contributed by atoms with Crippen LogP contribution in [0.2, 0.25) is 0 Å². The topological polar surface area (TPSA) is 65.5 Å². The van der Waals surface area contributed by atoms with Crippen molar-refractivity contribution in [3.63, 3.8) is 0 Å². The first kappa shape index (κ1) is 14.8. The van der Waals surface area contributed by atoms with Crippen LogP contribution in [0.25, 0.3) is 0 Å². The third-order valence-corrected chi connectivity index (χ3v) is 3.04. The molecule has 1 saturated carbocycles. The Bertz CT molecular complexity index is 264. The van der Waals surface area contributed by atoms with Gasteiger partial charge in [0, 0.05) is 19.1 Å². The van der Waals surface area contributed by atoms with Gasteiger partial charge in [-0.3, -0.25) is 4.79 Å². The molecule has 0 saturated heterocycles. The van der Waals surface area contributed by atoms with Crippen LogP contribution in [0, 0.1) is 0 Å². The van der Waals surface area contributed by atoms with Gasteiger partial charge in [-0.15, -0.1) is 0 Å². The van der Waals surface area contributed by atoms with Crippen molar-refractivity contribution in [2.75, 3.05) is 19.6 Å². The second-order valence-corrected chi connectivity index (χ2v) is 4.63. The average molecular weight is 254 g/mol. The van der Waals surface area contributed by atoms with Crippen LogP contribution < -0.4 is 16.0 Å². The van der Waals surface area contributed by atoms with Gasteiger partial charge in [0.25, 0.3) is 0 Å². The molecule has 0 heterocycles. The smallest absolute Gasteiger partial charge is 0.242 e. The van der Waals surface area contributed by atoms with Crippen molar-refractivity contribution >= 4 is 11.9 Å². The van der Waals surface area contributed by atoms with Crippen molar-refractivity contribution < 1.29 is 4.79 Å². The highest BCUT2D eigenvalue weighted by Crippen LogP contribution is 2.17. The number of guanidine groups is 1. The molecule has 0 aromatic rings. The van der Waals surface area contributed by atoms with E-state index in [4.69, 9.17) is 0 Å². The number of hydrogen-bond donors (Lipinski definition) is 3. The highest BCUT2D eigenvalue weighted by Gasteiger charge is 2.15. The lowest BCUT2D eigenvalue weighted by atomic mass is 9.95. The highest BCUT2D eigenvalue weighted by molar-refractivity contribution is 5.84. The zero-order valence-electron chi connectivity index (χ0n) is 11.6. The largest absolute Gasteiger partial charge is 0.357 e. The maximum absolute atomic E-state index is 11.8. The normalized spacial score (nSPS) is 15.9. The first-order valence-corrected chi connectivity index (χ1v) is 7.07. The van der Waals surface area contributed by atoms with Crippen LogP contribution in [0.1, 0.15) is 46.0 Å². The number of carbonyl (C=O) groups is 1. The van der Waals surface area contributed by atoms with Crippen molar-refractivity contribution in [2.24, 2.45) is 4.99 Å². The molecule has 3 N–H and O–H groups in total. The van der Waals surface area contributed by atoms with Crippen molar-refractivity contribution in [1.29, 1.82) is 0 Å². The monoisotopic (exact) mass is 254 g/mol. The lowest BCUT2D eigenvalue weighted by Crippen LogP contribution is -2.40. The van der Waals surface area contributed by atoms with Gasteiger partial charge in [-0.2, -0.15) is 0 Å². The first-order valence-electron chi connectivity index (χ1n) is 7.07. The van der Waals surface area contributed by atoms with Crippen molar-refractivity contribution in [3.05, 3.63) is 0 Å². The average Bonchev–Trinajstić information content (AvgIpc) is 2.38. The van der Waals surface area contributed by atoms with Crippen LogP contribution in [-0.4, -0.2) is 37.5 Å². The molecule has 0 aliphatic heterocycles. The van der Waals surface area contributed by atoms with Crippen molar-refractivity contribution in [2.45, 2.75) is 52.0 Å². The van der Waals surface area contributed by atoms with E-state index in [2.05, 4.69) is 20.9 Å².